The van der Waals surface area contributed by atoms with Gasteiger partial charge in [-0.05, 0) is 30.3 Å². The molecule has 1 aliphatic rings. The van der Waals surface area contributed by atoms with Crippen molar-refractivity contribution in [2.45, 2.75) is 0 Å². The fourth-order valence-corrected chi connectivity index (χ4v) is 2.98. The number of methoxy groups -OCH3 is 2. The number of hydrogen-bond donors (Lipinski definition) is 0. The van der Waals surface area contributed by atoms with Crippen LogP contribution in [0.1, 0.15) is 20.9 Å². The lowest BCUT2D eigenvalue weighted by Crippen LogP contribution is -2.49. The molecule has 1 aliphatic heterocycles. The molecule has 1 aromatic heterocycles. The van der Waals surface area contributed by atoms with Crippen molar-refractivity contribution in [2.24, 2.45) is 0 Å². The molecule has 0 N–H and O–H groups in total. The molecular formula is C19H22N2O5. The standard InChI is InChI=1S/C19H22N2O5/c1-24-17-6-5-14(12-18(17)25-2)19(23)21-9-7-20(8-10-21)13-15(22)16-4-3-11-26-16/h3-6,11-12H,7-10,13H2,1-2H3. The number of ether oxygens (including phenoxy) is 2. The Bertz CT molecular complexity index is 764. The Morgan fingerprint density at radius 3 is 2.38 bits per heavy atom. The number of furan rings is 1. The minimum atomic E-state index is -0.0528. The molecule has 0 atom stereocenters. The van der Waals surface area contributed by atoms with Crippen LogP contribution in [0.2, 0.25) is 0 Å². The van der Waals surface area contributed by atoms with Crippen LogP contribution in [-0.2, 0) is 0 Å². The van der Waals surface area contributed by atoms with Crippen molar-refractivity contribution in [3.05, 3.63) is 47.9 Å². The van der Waals surface area contributed by atoms with Gasteiger partial charge in [0.15, 0.2) is 17.3 Å². The maximum Gasteiger partial charge on any atom is 0.254 e. The second kappa shape index (κ2) is 8.05. The highest BCUT2D eigenvalue weighted by atomic mass is 16.5. The Hall–Kier alpha value is -2.80. The first kappa shape index (κ1) is 18.0. The summed E-state index contributed by atoms with van der Waals surface area (Å²) in [6, 6.07) is 8.51. The molecule has 1 saturated heterocycles. The molecule has 1 fully saturated rings. The Balaban J connectivity index is 1.57. The van der Waals surface area contributed by atoms with Crippen LogP contribution in [0.5, 0.6) is 11.5 Å². The zero-order valence-electron chi connectivity index (χ0n) is 14.9. The summed E-state index contributed by atoms with van der Waals surface area (Å²) in [6.07, 6.45) is 1.49. The summed E-state index contributed by atoms with van der Waals surface area (Å²) < 4.78 is 15.6. The fraction of sp³-hybridized carbons (Fsp3) is 0.368. The minimum absolute atomic E-state index is 0.0466. The number of carbonyl (C=O) groups is 2. The SMILES string of the molecule is COc1ccc(C(=O)N2CCN(CC(=O)c3ccco3)CC2)cc1OC. The van der Waals surface area contributed by atoms with Gasteiger partial charge in [0.2, 0.25) is 5.78 Å². The number of nitrogens with zero attached hydrogens (tertiary/aromatic N) is 2. The molecule has 0 unspecified atom stereocenters. The Morgan fingerprint density at radius 2 is 1.77 bits per heavy atom. The smallest absolute Gasteiger partial charge is 0.254 e. The van der Waals surface area contributed by atoms with Crippen molar-refractivity contribution in [2.75, 3.05) is 46.9 Å². The Kier molecular flexibility index (Phi) is 5.58. The van der Waals surface area contributed by atoms with Crippen molar-refractivity contribution in [3.63, 3.8) is 0 Å². The zero-order chi connectivity index (χ0) is 18.5. The molecule has 0 radical (unpaired) electrons. The maximum absolute atomic E-state index is 12.7. The number of rotatable bonds is 6. The first-order valence-electron chi connectivity index (χ1n) is 8.42. The van der Waals surface area contributed by atoms with E-state index in [9.17, 15) is 9.59 Å². The third-order valence-corrected chi connectivity index (χ3v) is 4.45. The highest BCUT2D eigenvalue weighted by molar-refractivity contribution is 5.95. The normalized spacial score (nSPS) is 14.9. The van der Waals surface area contributed by atoms with E-state index >= 15 is 0 Å². The molecule has 0 saturated carbocycles. The average Bonchev–Trinajstić information content (AvgIpc) is 3.22. The lowest BCUT2D eigenvalue weighted by molar-refractivity contribution is 0.0620. The first-order chi connectivity index (χ1) is 12.6. The van der Waals surface area contributed by atoms with E-state index in [-0.39, 0.29) is 11.7 Å². The van der Waals surface area contributed by atoms with Gasteiger partial charge in [0.05, 0.1) is 27.0 Å². The van der Waals surface area contributed by atoms with E-state index < -0.39 is 0 Å². The van der Waals surface area contributed by atoms with E-state index in [1.807, 2.05) is 4.90 Å². The molecule has 1 amide bonds. The van der Waals surface area contributed by atoms with E-state index in [1.54, 1.807) is 49.5 Å². The highest BCUT2D eigenvalue weighted by Crippen LogP contribution is 2.28. The van der Waals surface area contributed by atoms with Gasteiger partial charge in [-0.2, -0.15) is 0 Å². The van der Waals surface area contributed by atoms with Crippen LogP contribution >= 0.6 is 0 Å². The van der Waals surface area contributed by atoms with Crippen LogP contribution in [0.3, 0.4) is 0 Å². The second-order valence-electron chi connectivity index (χ2n) is 6.04. The van der Waals surface area contributed by atoms with Crippen LogP contribution in [0, 0.1) is 0 Å². The van der Waals surface area contributed by atoms with Gasteiger partial charge in [-0.1, -0.05) is 0 Å². The lowest BCUT2D eigenvalue weighted by Gasteiger charge is -2.34. The van der Waals surface area contributed by atoms with Crippen LogP contribution in [-0.4, -0.2) is 68.4 Å². The summed E-state index contributed by atoms with van der Waals surface area (Å²) in [5, 5.41) is 0. The monoisotopic (exact) mass is 358 g/mol. The lowest BCUT2D eigenvalue weighted by atomic mass is 10.1. The summed E-state index contributed by atoms with van der Waals surface area (Å²) in [4.78, 5) is 28.6. The Morgan fingerprint density at radius 1 is 1.04 bits per heavy atom. The fourth-order valence-electron chi connectivity index (χ4n) is 2.98. The third kappa shape index (κ3) is 3.88. The van der Waals surface area contributed by atoms with Gasteiger partial charge in [-0.3, -0.25) is 14.5 Å². The van der Waals surface area contributed by atoms with Gasteiger partial charge in [0.1, 0.15) is 0 Å². The zero-order valence-corrected chi connectivity index (χ0v) is 14.9. The number of hydrogen-bond acceptors (Lipinski definition) is 6. The summed E-state index contributed by atoms with van der Waals surface area (Å²) in [5.74, 6) is 1.39. The molecule has 138 valence electrons. The van der Waals surface area contributed by atoms with Crippen LogP contribution in [0.4, 0.5) is 0 Å². The quantitative estimate of drug-likeness (QED) is 0.735. The van der Waals surface area contributed by atoms with E-state index in [0.717, 1.165) is 0 Å². The molecule has 7 nitrogen and oxygen atoms in total. The molecule has 0 bridgehead atoms. The topological polar surface area (TPSA) is 72.2 Å². The molecule has 7 heteroatoms. The minimum Gasteiger partial charge on any atom is -0.493 e. The van der Waals surface area contributed by atoms with Gasteiger partial charge in [-0.25, -0.2) is 0 Å². The summed E-state index contributed by atoms with van der Waals surface area (Å²) >= 11 is 0. The number of piperazine rings is 1. The first-order valence-corrected chi connectivity index (χ1v) is 8.42. The van der Waals surface area contributed by atoms with Crippen LogP contribution in [0.25, 0.3) is 0 Å². The van der Waals surface area contributed by atoms with E-state index in [0.29, 0.717) is 55.5 Å². The molecular weight excluding hydrogens is 336 g/mol. The third-order valence-electron chi connectivity index (χ3n) is 4.45. The van der Waals surface area contributed by atoms with Gasteiger partial charge in [0, 0.05) is 31.7 Å². The molecule has 2 aromatic rings. The van der Waals surface area contributed by atoms with E-state index in [1.165, 1.54) is 6.26 Å². The summed E-state index contributed by atoms with van der Waals surface area (Å²) in [6.45, 7) is 2.72. The van der Waals surface area contributed by atoms with Gasteiger partial charge >= 0.3 is 0 Å². The number of ketones is 1. The van der Waals surface area contributed by atoms with Gasteiger partial charge in [0.25, 0.3) is 5.91 Å². The predicted octanol–water partition coefficient (Wildman–Crippen LogP) is 1.94. The number of Topliss-reactive ketones (excluding diaryl/α,β-unsaturated/α-hetero) is 1. The van der Waals surface area contributed by atoms with Crippen molar-refractivity contribution in [3.8, 4) is 11.5 Å². The van der Waals surface area contributed by atoms with E-state index in [2.05, 4.69) is 0 Å². The Labute approximate surface area is 152 Å². The summed E-state index contributed by atoms with van der Waals surface area (Å²) in [7, 11) is 3.10. The van der Waals surface area contributed by atoms with Crippen molar-refractivity contribution in [1.82, 2.24) is 9.80 Å². The molecule has 2 heterocycles. The van der Waals surface area contributed by atoms with Crippen molar-refractivity contribution in [1.29, 1.82) is 0 Å². The van der Waals surface area contributed by atoms with Crippen molar-refractivity contribution < 1.29 is 23.5 Å². The maximum atomic E-state index is 12.7. The van der Waals surface area contributed by atoms with Gasteiger partial charge in [-0.15, -0.1) is 0 Å². The second-order valence-corrected chi connectivity index (χ2v) is 6.04. The molecule has 1 aromatic carbocycles. The number of carbonyl (C=O) groups excluding carboxylic acids is 2. The van der Waals surface area contributed by atoms with E-state index in [4.69, 9.17) is 13.9 Å². The number of amides is 1. The van der Waals surface area contributed by atoms with Crippen molar-refractivity contribution >= 4 is 11.7 Å². The predicted molar refractivity (Wildman–Crippen MR) is 94.9 cm³/mol. The molecule has 3 rings (SSSR count). The number of benzene rings is 1. The molecule has 26 heavy (non-hydrogen) atoms. The van der Waals surface area contributed by atoms with Crippen LogP contribution in [0.15, 0.2) is 41.0 Å². The van der Waals surface area contributed by atoms with Gasteiger partial charge < -0.3 is 18.8 Å². The highest BCUT2D eigenvalue weighted by Gasteiger charge is 2.24. The van der Waals surface area contributed by atoms with Crippen LogP contribution < -0.4 is 9.47 Å². The summed E-state index contributed by atoms with van der Waals surface area (Å²) in [5.41, 5.74) is 0.558. The molecule has 0 spiro atoms. The molecule has 0 aliphatic carbocycles. The average molecular weight is 358 g/mol. The largest absolute Gasteiger partial charge is 0.493 e.